The number of aromatic nitrogens is 4. The molecular formula is C40H41F3N7O5S+. The Bertz CT molecular complexity index is 2480. The van der Waals surface area contributed by atoms with Crippen molar-refractivity contribution in [2.45, 2.75) is 62.2 Å². The minimum Gasteiger partial charge on any atom is -0.335 e. The number of alkyl halides is 3. The molecule has 1 spiro atoms. The number of nitrogens with one attached hydrogen (secondary N) is 1. The Hall–Kier alpha value is -5.50. The Morgan fingerprint density at radius 1 is 0.982 bits per heavy atom. The van der Waals surface area contributed by atoms with Gasteiger partial charge < -0.3 is 9.80 Å². The highest BCUT2D eigenvalue weighted by molar-refractivity contribution is 7.86. The van der Waals surface area contributed by atoms with Gasteiger partial charge in [-0.2, -0.15) is 31.9 Å². The largest absolute Gasteiger partial charge is 0.416 e. The molecule has 292 valence electrons. The number of carbonyl (C=O) groups excluding carboxylic acids is 1. The number of imidazole rings is 1. The SMILES string of the molecule is Cc1c(-c2ccnn2-c2ccc(C#N)cc2)n(C(=O)NC2CCC3(CC2)CC[N+](C)(C)CC3OS(=O)(=O)c2ccccc2)c(=O)n1-c1cccc(C(F)(F)F)c1. The summed E-state index contributed by atoms with van der Waals surface area (Å²) >= 11 is 0. The van der Waals surface area contributed by atoms with Gasteiger partial charge in [0, 0.05) is 17.9 Å². The number of amides is 1. The predicted octanol–water partition coefficient (Wildman–Crippen LogP) is 6.43. The van der Waals surface area contributed by atoms with Crippen LogP contribution in [0.2, 0.25) is 0 Å². The van der Waals surface area contributed by atoms with Crippen LogP contribution in [-0.4, -0.2) is 77.2 Å². The van der Waals surface area contributed by atoms with E-state index in [-0.39, 0.29) is 22.0 Å². The van der Waals surface area contributed by atoms with Crippen LogP contribution in [0.3, 0.4) is 0 Å². The van der Waals surface area contributed by atoms with Crippen molar-refractivity contribution in [1.29, 1.82) is 5.26 Å². The van der Waals surface area contributed by atoms with E-state index in [2.05, 4.69) is 16.5 Å². The summed E-state index contributed by atoms with van der Waals surface area (Å²) in [6.45, 7) is 2.85. The molecule has 1 aliphatic carbocycles. The first kappa shape index (κ1) is 38.8. The molecular weight excluding hydrogens is 748 g/mol. The number of halogens is 3. The lowest BCUT2D eigenvalue weighted by Crippen LogP contribution is -2.60. The quantitative estimate of drug-likeness (QED) is 0.148. The molecule has 5 aromatic rings. The van der Waals surface area contributed by atoms with Crippen LogP contribution in [0.25, 0.3) is 22.8 Å². The van der Waals surface area contributed by atoms with E-state index < -0.39 is 51.1 Å². The molecule has 56 heavy (non-hydrogen) atoms. The predicted molar refractivity (Wildman–Crippen MR) is 201 cm³/mol. The Morgan fingerprint density at radius 2 is 1.68 bits per heavy atom. The Morgan fingerprint density at radius 3 is 2.34 bits per heavy atom. The lowest BCUT2D eigenvalue weighted by Gasteiger charge is -2.51. The summed E-state index contributed by atoms with van der Waals surface area (Å²) in [5.74, 6) is 0. The second kappa shape index (κ2) is 14.5. The maximum absolute atomic E-state index is 14.4. The Balaban J connectivity index is 1.21. The number of likely N-dealkylation sites (tertiary alicyclic amines) is 1. The van der Waals surface area contributed by atoms with Crippen molar-refractivity contribution in [3.05, 3.63) is 118 Å². The monoisotopic (exact) mass is 788 g/mol. The van der Waals surface area contributed by atoms with Gasteiger partial charge in [-0.25, -0.2) is 18.8 Å². The molecule has 1 unspecified atom stereocenters. The fourth-order valence-electron chi connectivity index (χ4n) is 8.08. The third-order valence-electron chi connectivity index (χ3n) is 11.2. The van der Waals surface area contributed by atoms with E-state index in [1.54, 1.807) is 55.5 Å². The van der Waals surface area contributed by atoms with Crippen molar-refractivity contribution in [3.63, 3.8) is 0 Å². The average Bonchev–Trinajstić information content (AvgIpc) is 3.75. The maximum Gasteiger partial charge on any atom is 0.416 e. The van der Waals surface area contributed by atoms with Gasteiger partial charge in [0.1, 0.15) is 18.3 Å². The van der Waals surface area contributed by atoms with E-state index in [0.717, 1.165) is 34.2 Å². The number of piperidine rings is 1. The zero-order chi connectivity index (χ0) is 40.0. The van der Waals surface area contributed by atoms with Crippen molar-refractivity contribution in [3.8, 4) is 28.8 Å². The van der Waals surface area contributed by atoms with Gasteiger partial charge in [0.05, 0.1) is 71.7 Å². The Kier molecular flexibility index (Phi) is 10.1. The molecule has 1 N–H and O–H groups in total. The lowest BCUT2D eigenvalue weighted by molar-refractivity contribution is -0.901. The van der Waals surface area contributed by atoms with Gasteiger partial charge in [-0.15, -0.1) is 0 Å². The van der Waals surface area contributed by atoms with E-state index in [9.17, 15) is 36.4 Å². The third-order valence-corrected chi connectivity index (χ3v) is 12.5. The highest BCUT2D eigenvalue weighted by Gasteiger charge is 2.51. The van der Waals surface area contributed by atoms with E-state index >= 15 is 0 Å². The van der Waals surface area contributed by atoms with Crippen LogP contribution in [-0.2, 0) is 20.5 Å². The van der Waals surface area contributed by atoms with E-state index in [1.807, 2.05) is 14.1 Å². The summed E-state index contributed by atoms with van der Waals surface area (Å²) in [4.78, 5) is 28.8. The van der Waals surface area contributed by atoms with Gasteiger partial charge in [0.2, 0.25) is 0 Å². The number of quaternary nitrogens is 1. The number of hydrogen-bond donors (Lipinski definition) is 1. The third kappa shape index (κ3) is 7.41. The van der Waals surface area contributed by atoms with Crippen molar-refractivity contribution < 1.29 is 35.0 Å². The zero-order valence-corrected chi connectivity index (χ0v) is 31.8. The molecule has 0 bridgehead atoms. The fourth-order valence-corrected chi connectivity index (χ4v) is 9.25. The molecule has 2 fully saturated rings. The smallest absolute Gasteiger partial charge is 0.335 e. The molecule has 1 aliphatic heterocycles. The molecule has 12 nitrogen and oxygen atoms in total. The van der Waals surface area contributed by atoms with Crippen LogP contribution < -0.4 is 11.0 Å². The summed E-state index contributed by atoms with van der Waals surface area (Å²) < 4.78 is 78.3. The summed E-state index contributed by atoms with van der Waals surface area (Å²) in [5.41, 5.74) is -0.807. The standard InChI is InChI=1S/C40H40F3N7O5S/c1-27-36(34-18-22-45-49(34)31-14-12-28(25-44)13-15-31)48(38(52)47(27)32-9-7-8-29(24-32)40(41,42)43)37(51)46-30-16-19-39(20-17-30)21-23-50(2,3)26-35(39)55-56(53,54)33-10-5-4-6-11-33/h4-15,18,22,24,30,35H,16-17,19-21,23,26H2,1-3H3/p+1. The van der Waals surface area contributed by atoms with Crippen molar-refractivity contribution in [2.24, 2.45) is 5.41 Å². The molecule has 1 saturated heterocycles. The number of hydrogen-bond acceptors (Lipinski definition) is 7. The molecule has 3 heterocycles. The number of nitriles is 1. The molecule has 2 aliphatic rings. The minimum atomic E-state index is -4.67. The van der Waals surface area contributed by atoms with Crippen molar-refractivity contribution in [1.82, 2.24) is 24.2 Å². The zero-order valence-electron chi connectivity index (χ0n) is 31.0. The topological polar surface area (TPSA) is 141 Å². The summed E-state index contributed by atoms with van der Waals surface area (Å²) in [5, 5.41) is 16.7. The Labute approximate surface area is 322 Å². The maximum atomic E-state index is 14.4. The van der Waals surface area contributed by atoms with Crippen molar-refractivity contribution in [2.75, 3.05) is 27.2 Å². The molecule has 1 saturated carbocycles. The van der Waals surface area contributed by atoms with Crippen LogP contribution in [0.1, 0.15) is 48.9 Å². The number of nitrogens with zero attached hydrogens (tertiary/aromatic N) is 6. The normalized spacial score (nSPS) is 21.1. The van der Waals surface area contributed by atoms with Crippen LogP contribution >= 0.6 is 0 Å². The number of benzene rings is 3. The summed E-state index contributed by atoms with van der Waals surface area (Å²) in [6, 6.07) is 21.4. The molecule has 2 aromatic heterocycles. The molecule has 1 atom stereocenters. The van der Waals surface area contributed by atoms with Gasteiger partial charge in [0.15, 0.2) is 0 Å². The molecule has 1 amide bonds. The van der Waals surface area contributed by atoms with Gasteiger partial charge in [-0.05, 0) is 93.3 Å². The van der Waals surface area contributed by atoms with E-state index in [0.29, 0.717) is 53.7 Å². The lowest BCUT2D eigenvalue weighted by atomic mass is 9.65. The molecule has 7 rings (SSSR count). The summed E-state index contributed by atoms with van der Waals surface area (Å²) in [6.07, 6.45) is -1.01. The minimum absolute atomic E-state index is 0.0747. The second-order valence-corrected chi connectivity index (χ2v) is 16.8. The first-order chi connectivity index (χ1) is 26.5. The average molecular weight is 789 g/mol. The van der Waals surface area contributed by atoms with Crippen LogP contribution in [0.4, 0.5) is 18.0 Å². The van der Waals surface area contributed by atoms with Crippen LogP contribution in [0, 0.1) is 23.7 Å². The van der Waals surface area contributed by atoms with Gasteiger partial charge in [-0.3, -0.25) is 8.75 Å². The molecule has 0 radical (unpaired) electrons. The molecule has 3 aromatic carbocycles. The number of rotatable bonds is 7. The van der Waals surface area contributed by atoms with E-state index in [4.69, 9.17) is 4.18 Å². The highest BCUT2D eigenvalue weighted by atomic mass is 32.2. The molecule has 16 heteroatoms. The highest BCUT2D eigenvalue weighted by Crippen LogP contribution is 2.48. The first-order valence-electron chi connectivity index (χ1n) is 18.2. The van der Waals surface area contributed by atoms with Gasteiger partial charge in [0.25, 0.3) is 10.1 Å². The van der Waals surface area contributed by atoms with Gasteiger partial charge in [-0.1, -0.05) is 24.3 Å². The fraction of sp³-hybridized carbons (Fsp3) is 0.350. The van der Waals surface area contributed by atoms with Crippen LogP contribution in [0.5, 0.6) is 0 Å². The second-order valence-electron chi connectivity index (χ2n) is 15.3. The van der Waals surface area contributed by atoms with E-state index in [1.165, 1.54) is 35.1 Å². The van der Waals surface area contributed by atoms with Gasteiger partial charge >= 0.3 is 17.9 Å². The van der Waals surface area contributed by atoms with Crippen molar-refractivity contribution >= 4 is 16.1 Å². The first-order valence-corrected chi connectivity index (χ1v) is 19.6. The summed E-state index contributed by atoms with van der Waals surface area (Å²) in [7, 11) is 0.0321. The number of likely N-dealkylation sites (N-methyl/N-ethyl adjacent to an activating group) is 1. The van der Waals surface area contributed by atoms with Crippen LogP contribution in [0.15, 0.2) is 101 Å². The number of carbonyl (C=O) groups is 1.